The molecule has 0 bridgehead atoms. The molecule has 0 heterocycles. The van der Waals surface area contributed by atoms with Crippen molar-refractivity contribution in [3.8, 4) is 0 Å². The Hall–Kier alpha value is -0.610. The van der Waals surface area contributed by atoms with Crippen LogP contribution in [0.15, 0.2) is 24.3 Å². The van der Waals surface area contributed by atoms with Gasteiger partial charge in [0.1, 0.15) is 0 Å². The van der Waals surface area contributed by atoms with Gasteiger partial charge in [-0.25, -0.2) is 0 Å². The highest BCUT2D eigenvalue weighted by Gasteiger charge is 2.31. The number of hydrogen-bond acceptors (Lipinski definition) is 3. The Balaban J connectivity index is 2.03. The molecule has 0 saturated heterocycles. The minimum atomic E-state index is -0.150. The summed E-state index contributed by atoms with van der Waals surface area (Å²) in [5, 5.41) is 14.1. The molecule has 118 valence electrons. The van der Waals surface area contributed by atoms with Gasteiger partial charge in [-0.05, 0) is 49.8 Å². The molecule has 1 aliphatic rings. The lowest BCUT2D eigenvalue weighted by molar-refractivity contribution is 0.131. The molecular weight excluding hydrogens is 284 g/mol. The quantitative estimate of drug-likeness (QED) is 0.757. The summed E-state index contributed by atoms with van der Waals surface area (Å²) in [4.78, 5) is 0. The largest absolute Gasteiger partial charge is 0.396 e. The van der Waals surface area contributed by atoms with Gasteiger partial charge in [0.25, 0.3) is 0 Å². The number of aliphatic hydroxyl groups is 1. The molecule has 3 unspecified atom stereocenters. The van der Waals surface area contributed by atoms with Gasteiger partial charge in [0.05, 0.1) is 0 Å². The summed E-state index contributed by atoms with van der Waals surface area (Å²) in [5.41, 5.74) is 7.12. The number of rotatable bonds is 6. The third-order valence-corrected chi connectivity index (χ3v) is 4.89. The molecule has 1 aromatic rings. The van der Waals surface area contributed by atoms with E-state index in [9.17, 15) is 5.11 Å². The zero-order valence-corrected chi connectivity index (χ0v) is 13.6. The summed E-state index contributed by atoms with van der Waals surface area (Å²) in [6, 6.07) is 8.32. The van der Waals surface area contributed by atoms with E-state index in [1.807, 2.05) is 12.1 Å². The highest BCUT2D eigenvalue weighted by atomic mass is 35.5. The van der Waals surface area contributed by atoms with E-state index in [2.05, 4.69) is 24.4 Å². The van der Waals surface area contributed by atoms with E-state index in [0.717, 1.165) is 24.3 Å². The van der Waals surface area contributed by atoms with E-state index in [4.69, 9.17) is 17.3 Å². The normalized spacial score (nSPS) is 25.5. The van der Waals surface area contributed by atoms with Gasteiger partial charge in [0.15, 0.2) is 0 Å². The number of nitrogens with one attached hydrogen (secondary N) is 1. The summed E-state index contributed by atoms with van der Waals surface area (Å²) >= 11 is 5.94. The Labute approximate surface area is 132 Å². The van der Waals surface area contributed by atoms with Gasteiger partial charge in [0, 0.05) is 29.8 Å². The van der Waals surface area contributed by atoms with E-state index < -0.39 is 0 Å². The summed E-state index contributed by atoms with van der Waals surface area (Å²) in [6.45, 7) is 3.01. The van der Waals surface area contributed by atoms with Gasteiger partial charge >= 0.3 is 0 Å². The van der Waals surface area contributed by atoms with E-state index in [1.54, 1.807) is 0 Å². The number of halogens is 1. The molecule has 21 heavy (non-hydrogen) atoms. The van der Waals surface area contributed by atoms with Crippen LogP contribution in [0.2, 0.25) is 5.02 Å². The zero-order valence-electron chi connectivity index (χ0n) is 12.8. The molecule has 2 rings (SSSR count). The second kappa shape index (κ2) is 7.59. The third-order valence-electron chi connectivity index (χ3n) is 4.64. The first-order valence-electron chi connectivity index (χ1n) is 7.89. The van der Waals surface area contributed by atoms with Crippen LogP contribution in [-0.4, -0.2) is 29.8 Å². The Morgan fingerprint density at radius 3 is 2.57 bits per heavy atom. The second-order valence-corrected chi connectivity index (χ2v) is 6.98. The van der Waals surface area contributed by atoms with Gasteiger partial charge in [-0.2, -0.15) is 0 Å². The maximum absolute atomic E-state index is 9.57. The van der Waals surface area contributed by atoms with Crippen molar-refractivity contribution in [2.24, 2.45) is 11.7 Å². The van der Waals surface area contributed by atoms with Gasteiger partial charge in [-0.15, -0.1) is 0 Å². The van der Waals surface area contributed by atoms with E-state index in [0.29, 0.717) is 18.5 Å². The monoisotopic (exact) mass is 310 g/mol. The molecule has 0 aromatic heterocycles. The van der Waals surface area contributed by atoms with E-state index in [-0.39, 0.29) is 12.1 Å². The van der Waals surface area contributed by atoms with Crippen molar-refractivity contribution >= 4 is 11.6 Å². The summed E-state index contributed by atoms with van der Waals surface area (Å²) in [6.07, 6.45) is 5.56. The smallest absolute Gasteiger partial charge is 0.0474 e. The molecule has 1 aromatic carbocycles. The molecular formula is C17H27ClN2O. The maximum Gasteiger partial charge on any atom is 0.0474 e. The molecule has 0 aliphatic heterocycles. The van der Waals surface area contributed by atoms with Crippen molar-refractivity contribution in [3.63, 3.8) is 0 Å². The lowest BCUT2D eigenvalue weighted by atomic mass is 9.82. The van der Waals surface area contributed by atoms with Gasteiger partial charge in [-0.3, -0.25) is 0 Å². The second-order valence-electron chi connectivity index (χ2n) is 6.55. The molecule has 4 N–H and O–H groups in total. The summed E-state index contributed by atoms with van der Waals surface area (Å²) < 4.78 is 0. The molecule has 0 spiro atoms. The molecule has 0 amide bonds. The van der Waals surface area contributed by atoms with Crippen molar-refractivity contribution < 1.29 is 5.11 Å². The first-order chi connectivity index (χ1) is 10.1. The standard InChI is InChI=1S/C17H27ClN2O/c1-17(12-19,10-13-6-8-15(18)9-7-13)20-16-5-3-2-4-14(16)11-21/h6-9,14,16,20-21H,2-5,10-12,19H2,1H3. The van der Waals surface area contributed by atoms with E-state index >= 15 is 0 Å². The highest BCUT2D eigenvalue weighted by molar-refractivity contribution is 6.30. The molecule has 4 heteroatoms. The van der Waals surface area contributed by atoms with Crippen LogP contribution >= 0.6 is 11.6 Å². The Morgan fingerprint density at radius 1 is 1.29 bits per heavy atom. The average molecular weight is 311 g/mol. The number of benzene rings is 1. The van der Waals surface area contributed by atoms with Crippen LogP contribution in [0.5, 0.6) is 0 Å². The Morgan fingerprint density at radius 2 is 1.95 bits per heavy atom. The van der Waals surface area contributed by atoms with Crippen molar-refractivity contribution in [1.29, 1.82) is 0 Å². The molecule has 1 fully saturated rings. The lowest BCUT2D eigenvalue weighted by Crippen LogP contribution is -2.57. The maximum atomic E-state index is 9.57. The first kappa shape index (κ1) is 16.8. The van der Waals surface area contributed by atoms with Crippen LogP contribution in [-0.2, 0) is 6.42 Å². The van der Waals surface area contributed by atoms with E-state index in [1.165, 1.54) is 18.4 Å². The topological polar surface area (TPSA) is 58.3 Å². The predicted molar refractivity (Wildman–Crippen MR) is 88.6 cm³/mol. The fourth-order valence-corrected chi connectivity index (χ4v) is 3.42. The third kappa shape index (κ3) is 4.68. The number of hydrogen-bond donors (Lipinski definition) is 3. The number of nitrogens with two attached hydrogens (primary N) is 1. The van der Waals surface area contributed by atoms with Crippen LogP contribution in [0.3, 0.4) is 0 Å². The predicted octanol–water partition coefficient (Wildman–Crippen LogP) is 2.74. The van der Waals surface area contributed by atoms with Crippen LogP contribution < -0.4 is 11.1 Å². The Kier molecular flexibility index (Phi) is 6.06. The fourth-order valence-electron chi connectivity index (χ4n) is 3.30. The van der Waals surface area contributed by atoms with Crippen LogP contribution in [0, 0.1) is 5.92 Å². The van der Waals surface area contributed by atoms with Crippen LogP contribution in [0.1, 0.15) is 38.2 Å². The van der Waals surface area contributed by atoms with Crippen molar-refractivity contribution in [1.82, 2.24) is 5.32 Å². The summed E-state index contributed by atoms with van der Waals surface area (Å²) in [5.74, 6) is 0.356. The zero-order chi connectivity index (χ0) is 15.3. The molecule has 3 nitrogen and oxygen atoms in total. The molecule has 0 radical (unpaired) electrons. The first-order valence-corrected chi connectivity index (χ1v) is 8.27. The van der Waals surface area contributed by atoms with Gasteiger partial charge in [0.2, 0.25) is 0 Å². The van der Waals surface area contributed by atoms with Gasteiger partial charge in [-0.1, -0.05) is 36.6 Å². The number of aliphatic hydroxyl groups excluding tert-OH is 1. The lowest BCUT2D eigenvalue weighted by Gasteiger charge is -2.39. The van der Waals surface area contributed by atoms with Crippen LogP contribution in [0.25, 0.3) is 0 Å². The minimum absolute atomic E-state index is 0.150. The van der Waals surface area contributed by atoms with Crippen molar-refractivity contribution in [3.05, 3.63) is 34.9 Å². The Bertz CT molecular complexity index is 437. The van der Waals surface area contributed by atoms with Crippen LogP contribution in [0.4, 0.5) is 0 Å². The molecule has 1 saturated carbocycles. The van der Waals surface area contributed by atoms with Crippen molar-refractivity contribution in [2.45, 2.75) is 50.6 Å². The molecule has 3 atom stereocenters. The minimum Gasteiger partial charge on any atom is -0.396 e. The fraction of sp³-hybridized carbons (Fsp3) is 0.647. The average Bonchev–Trinajstić information content (AvgIpc) is 2.50. The highest BCUT2D eigenvalue weighted by Crippen LogP contribution is 2.26. The van der Waals surface area contributed by atoms with Crippen molar-refractivity contribution in [2.75, 3.05) is 13.2 Å². The molecule has 1 aliphatic carbocycles. The SMILES string of the molecule is CC(CN)(Cc1ccc(Cl)cc1)NC1CCCCC1CO. The summed E-state index contributed by atoms with van der Waals surface area (Å²) in [7, 11) is 0. The van der Waals surface area contributed by atoms with Gasteiger partial charge < -0.3 is 16.2 Å².